The van der Waals surface area contributed by atoms with Gasteiger partial charge in [-0.25, -0.2) is 8.42 Å². The summed E-state index contributed by atoms with van der Waals surface area (Å²) in [6, 6.07) is 6.96. The molecule has 20 heavy (non-hydrogen) atoms. The summed E-state index contributed by atoms with van der Waals surface area (Å²) in [6.07, 6.45) is 0. The molecule has 5 heteroatoms. The van der Waals surface area contributed by atoms with Gasteiger partial charge in [-0.3, -0.25) is 0 Å². The Morgan fingerprint density at radius 2 is 1.55 bits per heavy atom. The molecule has 1 rings (SSSR count). The summed E-state index contributed by atoms with van der Waals surface area (Å²) >= 11 is 5.87. The first-order valence-electron chi connectivity index (χ1n) is 6.93. The normalized spacial score (nSPS) is 12.6. The Kier molecular flexibility index (Phi) is 6.49. The summed E-state index contributed by atoms with van der Waals surface area (Å²) in [5.41, 5.74) is 0.659. The van der Waals surface area contributed by atoms with Gasteiger partial charge in [0.25, 0.3) is 0 Å². The predicted molar refractivity (Wildman–Crippen MR) is 84.4 cm³/mol. The van der Waals surface area contributed by atoms with Crippen LogP contribution in [0.4, 0.5) is 0 Å². The van der Waals surface area contributed by atoms with Crippen molar-refractivity contribution in [2.24, 2.45) is 11.8 Å². The molecule has 0 fully saturated rings. The largest absolute Gasteiger partial charge is 0.243 e. The molecule has 0 unspecified atom stereocenters. The van der Waals surface area contributed by atoms with Crippen LogP contribution in [-0.2, 0) is 15.9 Å². The van der Waals surface area contributed by atoms with Crippen LogP contribution in [0.1, 0.15) is 33.3 Å². The molecule has 0 amide bonds. The van der Waals surface area contributed by atoms with E-state index >= 15 is 0 Å². The molecule has 0 aliphatic rings. The molecule has 0 aliphatic carbocycles. The lowest BCUT2D eigenvalue weighted by molar-refractivity contribution is 0.333. The Morgan fingerprint density at radius 1 is 1.05 bits per heavy atom. The minimum Gasteiger partial charge on any atom is -0.207 e. The monoisotopic (exact) mass is 317 g/mol. The SMILES string of the molecule is CC(C)CN(CC(C)C)S(=O)(=O)c1ccccc1CCl. The molecule has 0 saturated heterocycles. The predicted octanol–water partition coefficient (Wildman–Crippen LogP) is 3.73. The summed E-state index contributed by atoms with van der Waals surface area (Å²) in [4.78, 5) is 0.330. The van der Waals surface area contributed by atoms with Gasteiger partial charge in [0.1, 0.15) is 0 Å². The van der Waals surface area contributed by atoms with E-state index in [1.165, 1.54) is 0 Å². The van der Waals surface area contributed by atoms with Gasteiger partial charge in [0.2, 0.25) is 10.0 Å². The second-order valence-corrected chi connectivity index (χ2v) is 8.02. The molecular weight excluding hydrogens is 294 g/mol. The van der Waals surface area contributed by atoms with Gasteiger partial charge in [-0.05, 0) is 23.5 Å². The number of sulfonamides is 1. The highest BCUT2D eigenvalue weighted by molar-refractivity contribution is 7.89. The Morgan fingerprint density at radius 3 is 2.00 bits per heavy atom. The minimum atomic E-state index is -3.49. The van der Waals surface area contributed by atoms with Crippen molar-refractivity contribution in [3.8, 4) is 0 Å². The van der Waals surface area contributed by atoms with Crippen LogP contribution in [0.25, 0.3) is 0 Å². The van der Waals surface area contributed by atoms with Crippen molar-refractivity contribution in [1.82, 2.24) is 4.31 Å². The third-order valence-corrected chi connectivity index (χ3v) is 5.09. The quantitative estimate of drug-likeness (QED) is 0.719. The number of nitrogens with zero attached hydrogens (tertiary/aromatic N) is 1. The van der Waals surface area contributed by atoms with Crippen molar-refractivity contribution in [2.45, 2.75) is 38.5 Å². The van der Waals surface area contributed by atoms with Gasteiger partial charge in [0, 0.05) is 19.0 Å². The van der Waals surface area contributed by atoms with Crippen LogP contribution in [0.3, 0.4) is 0 Å². The van der Waals surface area contributed by atoms with E-state index in [2.05, 4.69) is 0 Å². The molecule has 0 saturated carbocycles. The summed E-state index contributed by atoms with van der Waals surface area (Å²) in [7, 11) is -3.49. The van der Waals surface area contributed by atoms with Crippen molar-refractivity contribution in [2.75, 3.05) is 13.1 Å². The summed E-state index contributed by atoms with van der Waals surface area (Å²) in [5.74, 6) is 0.769. The zero-order valence-corrected chi connectivity index (χ0v) is 14.2. The smallest absolute Gasteiger partial charge is 0.207 e. The first-order chi connectivity index (χ1) is 9.28. The lowest BCUT2D eigenvalue weighted by Gasteiger charge is -2.26. The van der Waals surface area contributed by atoms with Crippen LogP contribution in [0.2, 0.25) is 0 Å². The number of hydrogen-bond acceptors (Lipinski definition) is 2. The third-order valence-electron chi connectivity index (χ3n) is 2.87. The highest BCUT2D eigenvalue weighted by Gasteiger charge is 2.27. The number of alkyl halides is 1. The molecule has 0 aromatic heterocycles. The van der Waals surface area contributed by atoms with E-state index in [9.17, 15) is 8.42 Å². The van der Waals surface area contributed by atoms with E-state index in [1.54, 1.807) is 22.5 Å². The second-order valence-electron chi connectivity index (χ2n) is 5.85. The van der Waals surface area contributed by atoms with Crippen LogP contribution >= 0.6 is 11.6 Å². The first-order valence-corrected chi connectivity index (χ1v) is 8.90. The standard InChI is InChI=1S/C15H24ClNO2S/c1-12(2)10-17(11-13(3)4)20(18,19)15-8-6-5-7-14(15)9-16/h5-8,12-13H,9-11H2,1-4H3. The first kappa shape index (κ1) is 17.5. The van der Waals surface area contributed by atoms with E-state index in [0.717, 1.165) is 0 Å². The zero-order chi connectivity index (χ0) is 15.3. The Balaban J connectivity index is 3.21. The maximum atomic E-state index is 12.9. The van der Waals surface area contributed by atoms with E-state index in [0.29, 0.717) is 23.5 Å². The molecule has 1 aromatic carbocycles. The van der Waals surface area contributed by atoms with Crippen LogP contribution in [-0.4, -0.2) is 25.8 Å². The van der Waals surface area contributed by atoms with Crippen LogP contribution in [0, 0.1) is 11.8 Å². The number of rotatable bonds is 7. The average molecular weight is 318 g/mol. The van der Waals surface area contributed by atoms with Crippen molar-refractivity contribution in [1.29, 1.82) is 0 Å². The average Bonchev–Trinajstić information content (AvgIpc) is 2.36. The van der Waals surface area contributed by atoms with Crippen molar-refractivity contribution < 1.29 is 8.42 Å². The molecule has 0 N–H and O–H groups in total. The fourth-order valence-corrected chi connectivity index (χ4v) is 4.39. The fourth-order valence-electron chi connectivity index (χ4n) is 2.09. The lowest BCUT2D eigenvalue weighted by atomic mass is 10.2. The molecule has 0 bridgehead atoms. The van der Waals surface area contributed by atoms with Gasteiger partial charge in [0.15, 0.2) is 0 Å². The van der Waals surface area contributed by atoms with E-state index in [-0.39, 0.29) is 17.7 Å². The van der Waals surface area contributed by atoms with Gasteiger partial charge < -0.3 is 0 Å². The van der Waals surface area contributed by atoms with Crippen molar-refractivity contribution in [3.05, 3.63) is 29.8 Å². The molecule has 1 aromatic rings. The molecule has 0 radical (unpaired) electrons. The van der Waals surface area contributed by atoms with E-state index < -0.39 is 10.0 Å². The van der Waals surface area contributed by atoms with Crippen LogP contribution in [0.5, 0.6) is 0 Å². The molecule has 0 heterocycles. The Hall–Kier alpha value is -0.580. The highest BCUT2D eigenvalue weighted by Crippen LogP contribution is 2.23. The number of halogens is 1. The molecule has 0 spiro atoms. The molecule has 0 atom stereocenters. The maximum absolute atomic E-state index is 12.9. The van der Waals surface area contributed by atoms with Crippen LogP contribution < -0.4 is 0 Å². The zero-order valence-electron chi connectivity index (χ0n) is 12.6. The molecule has 3 nitrogen and oxygen atoms in total. The number of hydrogen-bond donors (Lipinski definition) is 0. The molecule has 0 aliphatic heterocycles. The summed E-state index contributed by atoms with van der Waals surface area (Å²) in [6.45, 7) is 9.15. The van der Waals surface area contributed by atoms with Gasteiger partial charge >= 0.3 is 0 Å². The van der Waals surface area contributed by atoms with Crippen molar-refractivity contribution in [3.63, 3.8) is 0 Å². The summed E-state index contributed by atoms with van der Waals surface area (Å²) in [5, 5.41) is 0. The topological polar surface area (TPSA) is 37.4 Å². The fraction of sp³-hybridized carbons (Fsp3) is 0.600. The minimum absolute atomic E-state index is 0.201. The Labute approximate surface area is 128 Å². The lowest BCUT2D eigenvalue weighted by Crippen LogP contribution is -2.37. The van der Waals surface area contributed by atoms with E-state index in [1.807, 2.05) is 33.8 Å². The molecular formula is C15H24ClNO2S. The van der Waals surface area contributed by atoms with Gasteiger partial charge in [-0.1, -0.05) is 45.9 Å². The highest BCUT2D eigenvalue weighted by atomic mass is 35.5. The Bertz CT molecular complexity index is 516. The molecule has 114 valence electrons. The van der Waals surface area contributed by atoms with Gasteiger partial charge in [-0.15, -0.1) is 11.6 Å². The number of benzene rings is 1. The van der Waals surface area contributed by atoms with E-state index in [4.69, 9.17) is 11.6 Å². The summed E-state index contributed by atoms with van der Waals surface area (Å²) < 4.78 is 27.3. The maximum Gasteiger partial charge on any atom is 0.243 e. The van der Waals surface area contributed by atoms with Gasteiger partial charge in [0.05, 0.1) is 4.90 Å². The second kappa shape index (κ2) is 7.43. The van der Waals surface area contributed by atoms with Crippen LogP contribution in [0.15, 0.2) is 29.2 Å². The van der Waals surface area contributed by atoms with Gasteiger partial charge in [-0.2, -0.15) is 4.31 Å². The van der Waals surface area contributed by atoms with Crippen molar-refractivity contribution >= 4 is 21.6 Å². The third kappa shape index (κ3) is 4.47.